The average Bonchev–Trinajstić information content (AvgIpc) is 2.55. The Morgan fingerprint density at radius 1 is 1.00 bits per heavy atom. The van der Waals surface area contributed by atoms with Gasteiger partial charge in [-0.15, -0.1) is 0 Å². The second kappa shape index (κ2) is 5.74. The molecule has 0 heterocycles. The Morgan fingerprint density at radius 2 is 1.67 bits per heavy atom. The normalized spacial score (nSPS) is 20.6. The lowest BCUT2D eigenvalue weighted by molar-refractivity contribution is 0.158. The van der Waals surface area contributed by atoms with Gasteiger partial charge in [-0.3, -0.25) is 0 Å². The van der Waals surface area contributed by atoms with E-state index in [1.54, 1.807) is 7.11 Å². The summed E-state index contributed by atoms with van der Waals surface area (Å²) in [7, 11) is 1.67. The first-order chi connectivity index (χ1) is 10.3. The van der Waals surface area contributed by atoms with Crippen molar-refractivity contribution < 1.29 is 9.84 Å². The lowest BCUT2D eigenvalue weighted by atomic mass is 9.78. The molecule has 1 N–H and O–H groups in total. The third-order valence-corrected chi connectivity index (χ3v) is 4.23. The van der Waals surface area contributed by atoms with Crippen molar-refractivity contribution in [1.29, 1.82) is 0 Å². The topological polar surface area (TPSA) is 29.5 Å². The predicted molar refractivity (Wildman–Crippen MR) is 85.4 cm³/mol. The molecular formula is C19H20O2. The summed E-state index contributed by atoms with van der Waals surface area (Å²) in [5.74, 6) is 0.763. The minimum atomic E-state index is -0.534. The highest BCUT2D eigenvalue weighted by Gasteiger charge is 2.29. The van der Waals surface area contributed by atoms with Gasteiger partial charge in [-0.05, 0) is 29.2 Å². The molecule has 21 heavy (non-hydrogen) atoms. The summed E-state index contributed by atoms with van der Waals surface area (Å²) >= 11 is 0. The number of hydrogen-bond acceptors (Lipinski definition) is 2. The van der Waals surface area contributed by atoms with Gasteiger partial charge in [-0.25, -0.2) is 0 Å². The fraction of sp³-hybridized carbons (Fsp3) is 0.263. The van der Waals surface area contributed by atoms with Crippen LogP contribution < -0.4 is 4.74 Å². The van der Waals surface area contributed by atoms with Crippen molar-refractivity contribution in [1.82, 2.24) is 0 Å². The van der Waals surface area contributed by atoms with E-state index >= 15 is 0 Å². The molecule has 2 nitrogen and oxygen atoms in total. The molecule has 108 valence electrons. The largest absolute Gasteiger partial charge is 0.496 e. The third kappa shape index (κ3) is 2.36. The van der Waals surface area contributed by atoms with Crippen molar-refractivity contribution >= 4 is 5.57 Å². The lowest BCUT2D eigenvalue weighted by Crippen LogP contribution is -2.16. The Bertz CT molecular complexity index is 673. The first kappa shape index (κ1) is 13.9. The highest BCUT2D eigenvalue weighted by molar-refractivity contribution is 5.72. The molecule has 2 aromatic rings. The van der Waals surface area contributed by atoms with E-state index < -0.39 is 6.10 Å². The Labute approximate surface area is 125 Å². The van der Waals surface area contributed by atoms with Crippen molar-refractivity contribution in [3.63, 3.8) is 0 Å². The molecule has 0 unspecified atom stereocenters. The van der Waals surface area contributed by atoms with Crippen LogP contribution in [-0.4, -0.2) is 12.2 Å². The Hall–Kier alpha value is -2.06. The molecule has 0 fully saturated rings. The van der Waals surface area contributed by atoms with E-state index in [1.807, 2.05) is 42.5 Å². The number of para-hydroxylation sites is 1. The summed E-state index contributed by atoms with van der Waals surface area (Å²) in [4.78, 5) is 0. The molecule has 0 radical (unpaired) electrons. The number of hydrogen-bond donors (Lipinski definition) is 1. The van der Waals surface area contributed by atoms with Crippen molar-refractivity contribution in [2.45, 2.75) is 25.4 Å². The zero-order valence-electron chi connectivity index (χ0n) is 12.4. The Balaban J connectivity index is 2.13. The number of ether oxygens (including phenoxy) is 1. The Kier molecular flexibility index (Phi) is 3.80. The van der Waals surface area contributed by atoms with Gasteiger partial charge in [0.15, 0.2) is 0 Å². The number of aliphatic hydroxyl groups is 1. The lowest BCUT2D eigenvalue weighted by Gasteiger charge is -2.30. The summed E-state index contributed by atoms with van der Waals surface area (Å²) in [5.41, 5.74) is 4.49. The number of rotatable bonds is 3. The number of allylic oxidation sites excluding steroid dienone is 1. The maximum Gasteiger partial charge on any atom is 0.122 e. The van der Waals surface area contributed by atoms with Crippen LogP contribution in [0, 0.1) is 0 Å². The van der Waals surface area contributed by atoms with Gasteiger partial charge in [0.25, 0.3) is 0 Å². The minimum absolute atomic E-state index is 0.0639. The van der Waals surface area contributed by atoms with Crippen LogP contribution in [0.3, 0.4) is 0 Å². The van der Waals surface area contributed by atoms with Crippen LogP contribution in [0.1, 0.15) is 42.1 Å². The molecule has 2 heteroatoms. The highest BCUT2D eigenvalue weighted by Crippen LogP contribution is 2.44. The first-order valence-corrected chi connectivity index (χ1v) is 7.37. The maximum atomic E-state index is 10.8. The summed E-state index contributed by atoms with van der Waals surface area (Å²) in [6, 6.07) is 16.0. The number of aliphatic hydroxyl groups excluding tert-OH is 1. The maximum absolute atomic E-state index is 10.8. The highest BCUT2D eigenvalue weighted by atomic mass is 16.5. The fourth-order valence-corrected chi connectivity index (χ4v) is 3.15. The van der Waals surface area contributed by atoms with Gasteiger partial charge in [0, 0.05) is 11.5 Å². The van der Waals surface area contributed by atoms with Gasteiger partial charge in [-0.2, -0.15) is 0 Å². The van der Waals surface area contributed by atoms with Gasteiger partial charge in [0.2, 0.25) is 0 Å². The number of benzene rings is 2. The molecular weight excluding hydrogens is 260 g/mol. The number of methoxy groups -OCH3 is 1. The zero-order chi connectivity index (χ0) is 14.8. The van der Waals surface area contributed by atoms with Crippen LogP contribution in [0.25, 0.3) is 5.57 Å². The van der Waals surface area contributed by atoms with Crippen molar-refractivity contribution in [3.8, 4) is 5.75 Å². The van der Waals surface area contributed by atoms with Crippen LogP contribution in [0.15, 0.2) is 54.6 Å². The second-order valence-electron chi connectivity index (χ2n) is 5.35. The quantitative estimate of drug-likeness (QED) is 0.907. The summed E-state index contributed by atoms with van der Waals surface area (Å²) in [6.45, 7) is 2.15. The standard InChI is InChI=1S/C19H20O2/c1-3-13-12-17(15-9-6-7-11-18(15)21-2)19(20)16-10-5-4-8-14(13)16/h4-12,17,19-20H,3H2,1-2H3/t17-,19-/m1/s1. The fourth-order valence-electron chi connectivity index (χ4n) is 3.15. The predicted octanol–water partition coefficient (Wildman–Crippen LogP) is 4.32. The molecule has 0 saturated heterocycles. The summed E-state index contributed by atoms with van der Waals surface area (Å²) in [6.07, 6.45) is 2.60. The second-order valence-corrected chi connectivity index (χ2v) is 5.35. The van der Waals surface area contributed by atoms with E-state index in [2.05, 4.69) is 19.1 Å². The van der Waals surface area contributed by atoms with Crippen molar-refractivity contribution in [3.05, 3.63) is 71.3 Å². The molecule has 0 saturated carbocycles. The monoisotopic (exact) mass is 280 g/mol. The molecule has 1 aliphatic carbocycles. The molecule has 0 bridgehead atoms. The van der Waals surface area contributed by atoms with Crippen LogP contribution in [-0.2, 0) is 0 Å². The zero-order valence-corrected chi connectivity index (χ0v) is 12.4. The number of fused-ring (bicyclic) bond motifs is 1. The van der Waals surface area contributed by atoms with Crippen LogP contribution in [0.4, 0.5) is 0 Å². The van der Waals surface area contributed by atoms with Crippen LogP contribution >= 0.6 is 0 Å². The summed E-state index contributed by atoms with van der Waals surface area (Å²) in [5, 5.41) is 10.8. The van der Waals surface area contributed by atoms with E-state index in [4.69, 9.17) is 4.74 Å². The first-order valence-electron chi connectivity index (χ1n) is 7.37. The molecule has 0 aliphatic heterocycles. The van der Waals surface area contributed by atoms with E-state index in [0.29, 0.717) is 0 Å². The van der Waals surface area contributed by atoms with E-state index in [1.165, 1.54) is 11.1 Å². The van der Waals surface area contributed by atoms with Crippen molar-refractivity contribution in [2.24, 2.45) is 0 Å². The molecule has 3 rings (SSSR count). The van der Waals surface area contributed by atoms with E-state index in [0.717, 1.165) is 23.3 Å². The Morgan fingerprint density at radius 3 is 2.38 bits per heavy atom. The minimum Gasteiger partial charge on any atom is -0.496 e. The molecule has 0 amide bonds. The summed E-state index contributed by atoms with van der Waals surface area (Å²) < 4.78 is 5.46. The smallest absolute Gasteiger partial charge is 0.122 e. The van der Waals surface area contributed by atoms with Gasteiger partial charge in [0.1, 0.15) is 5.75 Å². The molecule has 2 aromatic carbocycles. The van der Waals surface area contributed by atoms with Crippen LogP contribution in [0.2, 0.25) is 0 Å². The SMILES string of the molecule is CCC1=C[C@H](c2ccccc2OC)[C@H](O)c2ccccc21. The van der Waals surface area contributed by atoms with Gasteiger partial charge < -0.3 is 9.84 Å². The van der Waals surface area contributed by atoms with Gasteiger partial charge in [-0.1, -0.05) is 55.5 Å². The van der Waals surface area contributed by atoms with Gasteiger partial charge in [0.05, 0.1) is 13.2 Å². The van der Waals surface area contributed by atoms with E-state index in [-0.39, 0.29) is 5.92 Å². The molecule has 2 atom stereocenters. The van der Waals surface area contributed by atoms with Gasteiger partial charge >= 0.3 is 0 Å². The van der Waals surface area contributed by atoms with E-state index in [9.17, 15) is 5.11 Å². The molecule has 0 aromatic heterocycles. The average molecular weight is 280 g/mol. The van der Waals surface area contributed by atoms with Crippen molar-refractivity contribution in [2.75, 3.05) is 7.11 Å². The van der Waals surface area contributed by atoms with Crippen LogP contribution in [0.5, 0.6) is 5.75 Å². The third-order valence-electron chi connectivity index (χ3n) is 4.23. The molecule has 0 spiro atoms. The molecule has 1 aliphatic rings.